The summed E-state index contributed by atoms with van der Waals surface area (Å²) in [6.07, 6.45) is 5.74. The van der Waals surface area contributed by atoms with Crippen molar-refractivity contribution >= 4 is 5.91 Å². The third kappa shape index (κ3) is 4.11. The molecule has 3 heteroatoms. The number of fused-ring (bicyclic) bond motifs is 1. The van der Waals surface area contributed by atoms with Gasteiger partial charge in [0.05, 0.1) is 0 Å². The number of aryl methyl sites for hydroxylation is 1. The van der Waals surface area contributed by atoms with E-state index in [1.165, 1.54) is 24.8 Å². The van der Waals surface area contributed by atoms with Crippen LogP contribution in [0.1, 0.15) is 74.1 Å². The molecule has 0 radical (unpaired) electrons. The van der Waals surface area contributed by atoms with E-state index in [9.17, 15) is 4.79 Å². The molecule has 3 nitrogen and oxygen atoms in total. The predicted molar refractivity (Wildman–Crippen MR) is 119 cm³/mol. The van der Waals surface area contributed by atoms with Crippen LogP contribution in [0, 0.1) is 11.8 Å². The lowest BCUT2D eigenvalue weighted by Gasteiger charge is -2.40. The van der Waals surface area contributed by atoms with Gasteiger partial charge in [0.15, 0.2) is 0 Å². The average Bonchev–Trinajstić information content (AvgIpc) is 3.02. The molecular weight excluding hydrogens is 356 g/mol. The topological polar surface area (TPSA) is 32.3 Å². The van der Waals surface area contributed by atoms with Crippen LogP contribution in [0.25, 0.3) is 0 Å². The van der Waals surface area contributed by atoms with Crippen molar-refractivity contribution in [2.45, 2.75) is 71.1 Å². The molecule has 1 N–H and O–H groups in total. The monoisotopic (exact) mass is 390 g/mol. The number of carbonyl (C=O) groups excluding carboxylic acids is 1. The molecule has 0 aromatic heterocycles. The van der Waals surface area contributed by atoms with E-state index in [1.54, 1.807) is 0 Å². The van der Waals surface area contributed by atoms with Gasteiger partial charge in [-0.2, -0.15) is 0 Å². The second-order valence-corrected chi connectivity index (χ2v) is 9.12. The van der Waals surface area contributed by atoms with Gasteiger partial charge in [0.25, 0.3) is 5.91 Å². The third-order valence-electron chi connectivity index (χ3n) is 7.25. The van der Waals surface area contributed by atoms with Crippen LogP contribution in [0.2, 0.25) is 0 Å². The summed E-state index contributed by atoms with van der Waals surface area (Å²) in [5, 5.41) is 3.92. The lowest BCUT2D eigenvalue weighted by molar-refractivity contribution is 0.0529. The summed E-state index contributed by atoms with van der Waals surface area (Å²) in [6.45, 7) is 6.94. The number of nitrogens with one attached hydrogen (secondary N) is 1. The molecule has 2 aromatic carbocycles. The minimum absolute atomic E-state index is 0.0118. The molecule has 0 unspecified atom stereocenters. The van der Waals surface area contributed by atoms with Crippen LogP contribution in [-0.2, 0) is 6.42 Å². The predicted octanol–water partition coefficient (Wildman–Crippen LogP) is 5.58. The van der Waals surface area contributed by atoms with Gasteiger partial charge < -0.3 is 4.90 Å². The minimum Gasteiger partial charge on any atom is -0.316 e. The largest absolute Gasteiger partial charge is 0.316 e. The van der Waals surface area contributed by atoms with Crippen molar-refractivity contribution in [3.05, 3.63) is 71.3 Å². The second-order valence-electron chi connectivity index (χ2n) is 9.12. The molecule has 0 spiro atoms. The Bertz CT molecular complexity index is 834. The zero-order valence-electron chi connectivity index (χ0n) is 18.0. The smallest absolute Gasteiger partial charge is 0.256 e. The van der Waals surface area contributed by atoms with Crippen molar-refractivity contribution in [1.29, 1.82) is 0 Å². The zero-order chi connectivity index (χ0) is 20.4. The van der Waals surface area contributed by atoms with Gasteiger partial charge in [-0.25, -0.2) is 0 Å². The van der Waals surface area contributed by atoms with Gasteiger partial charge >= 0.3 is 0 Å². The lowest BCUT2D eigenvalue weighted by Crippen LogP contribution is -2.49. The molecule has 0 saturated heterocycles. The first kappa shape index (κ1) is 20.2. The molecular formula is C26H34N2O. The summed E-state index contributed by atoms with van der Waals surface area (Å²) in [6, 6.07) is 19.4. The van der Waals surface area contributed by atoms with E-state index in [1.807, 2.05) is 12.1 Å². The minimum atomic E-state index is -0.0118. The summed E-state index contributed by atoms with van der Waals surface area (Å²) in [7, 11) is 0. The number of carbonyl (C=O) groups is 1. The zero-order valence-corrected chi connectivity index (χ0v) is 18.0. The Morgan fingerprint density at radius 1 is 1.03 bits per heavy atom. The highest BCUT2D eigenvalue weighted by atomic mass is 16.2. The maximum atomic E-state index is 13.3. The Hall–Kier alpha value is -2.13. The van der Waals surface area contributed by atoms with E-state index in [0.29, 0.717) is 12.0 Å². The summed E-state index contributed by atoms with van der Waals surface area (Å²) in [4.78, 5) is 15.4. The molecule has 5 atom stereocenters. The van der Waals surface area contributed by atoms with Crippen LogP contribution in [0.15, 0.2) is 54.6 Å². The molecule has 1 amide bonds. The molecule has 2 aliphatic rings. The van der Waals surface area contributed by atoms with E-state index in [2.05, 4.69) is 73.5 Å². The molecule has 2 aromatic rings. The van der Waals surface area contributed by atoms with E-state index >= 15 is 0 Å². The fraction of sp³-hybridized carbons (Fsp3) is 0.500. The number of rotatable bonds is 6. The summed E-state index contributed by atoms with van der Waals surface area (Å²) in [5.74, 6) is 1.54. The molecule has 1 aliphatic heterocycles. The Kier molecular flexibility index (Phi) is 6.05. The van der Waals surface area contributed by atoms with Crippen molar-refractivity contribution < 1.29 is 4.79 Å². The van der Waals surface area contributed by atoms with E-state index in [-0.39, 0.29) is 18.1 Å². The van der Waals surface area contributed by atoms with Crippen LogP contribution in [0.3, 0.4) is 0 Å². The Labute approximate surface area is 175 Å². The van der Waals surface area contributed by atoms with Gasteiger partial charge in [-0.15, -0.1) is 0 Å². The highest BCUT2D eigenvalue weighted by Crippen LogP contribution is 2.37. The van der Waals surface area contributed by atoms with Crippen LogP contribution >= 0.6 is 0 Å². The molecule has 1 aliphatic carbocycles. The first-order valence-electron chi connectivity index (χ1n) is 11.3. The molecule has 4 rings (SSSR count). The summed E-state index contributed by atoms with van der Waals surface area (Å²) < 4.78 is 0. The van der Waals surface area contributed by atoms with Gasteiger partial charge in [0.2, 0.25) is 0 Å². The van der Waals surface area contributed by atoms with Gasteiger partial charge in [-0.05, 0) is 49.7 Å². The van der Waals surface area contributed by atoms with Crippen LogP contribution in [0.4, 0.5) is 0 Å². The Balaban J connectivity index is 1.54. The normalized spacial score (nSPS) is 27.7. The van der Waals surface area contributed by atoms with Gasteiger partial charge in [-0.3, -0.25) is 10.1 Å². The highest BCUT2D eigenvalue weighted by Gasteiger charge is 2.41. The molecule has 1 heterocycles. The summed E-state index contributed by atoms with van der Waals surface area (Å²) >= 11 is 0. The lowest BCUT2D eigenvalue weighted by atomic mass is 9.78. The fourth-order valence-corrected chi connectivity index (χ4v) is 5.14. The first-order chi connectivity index (χ1) is 14.1. The SMILES string of the molecule is C[C@H]1[C@H](C)CCC[C@@H]1N[C@@H]1c2ccccc2C(=O)N1[C@@H](C)CCc1ccccc1. The van der Waals surface area contributed by atoms with Gasteiger partial charge in [0.1, 0.15) is 6.17 Å². The van der Waals surface area contributed by atoms with Crippen LogP contribution < -0.4 is 5.32 Å². The number of amides is 1. The molecule has 29 heavy (non-hydrogen) atoms. The van der Waals surface area contributed by atoms with Crippen molar-refractivity contribution in [2.24, 2.45) is 11.8 Å². The Morgan fingerprint density at radius 2 is 1.76 bits per heavy atom. The van der Waals surface area contributed by atoms with E-state index < -0.39 is 0 Å². The van der Waals surface area contributed by atoms with Crippen LogP contribution in [-0.4, -0.2) is 22.9 Å². The second kappa shape index (κ2) is 8.71. The summed E-state index contributed by atoms with van der Waals surface area (Å²) in [5.41, 5.74) is 3.35. The van der Waals surface area contributed by atoms with Crippen molar-refractivity contribution in [1.82, 2.24) is 10.2 Å². The molecule has 1 fully saturated rings. The van der Waals surface area contributed by atoms with Gasteiger partial charge in [0, 0.05) is 23.2 Å². The van der Waals surface area contributed by atoms with Crippen molar-refractivity contribution in [2.75, 3.05) is 0 Å². The van der Waals surface area contributed by atoms with E-state index in [0.717, 1.165) is 29.9 Å². The Morgan fingerprint density at radius 3 is 2.55 bits per heavy atom. The molecule has 1 saturated carbocycles. The standard InChI is InChI=1S/C26H34N2O/c1-18-10-9-15-24(20(18)3)27-25-22-13-7-8-14-23(22)26(29)28(25)19(2)16-17-21-11-5-4-6-12-21/h4-8,11-14,18-20,24-25,27H,9-10,15-17H2,1-3H3/t18-,19+,20+,24+,25+/m1/s1. The number of hydrogen-bond donors (Lipinski definition) is 1. The highest BCUT2D eigenvalue weighted by molar-refractivity contribution is 5.99. The maximum absolute atomic E-state index is 13.3. The molecule has 0 bridgehead atoms. The number of hydrogen-bond acceptors (Lipinski definition) is 2. The quantitative estimate of drug-likeness (QED) is 0.699. The number of nitrogens with zero attached hydrogens (tertiary/aromatic N) is 1. The van der Waals surface area contributed by atoms with Crippen molar-refractivity contribution in [3.63, 3.8) is 0 Å². The van der Waals surface area contributed by atoms with Crippen LogP contribution in [0.5, 0.6) is 0 Å². The van der Waals surface area contributed by atoms with E-state index in [4.69, 9.17) is 0 Å². The van der Waals surface area contributed by atoms with Gasteiger partial charge in [-0.1, -0.05) is 75.2 Å². The first-order valence-corrected chi connectivity index (χ1v) is 11.3. The van der Waals surface area contributed by atoms with Crippen molar-refractivity contribution in [3.8, 4) is 0 Å². The number of benzene rings is 2. The fourth-order valence-electron chi connectivity index (χ4n) is 5.14. The average molecular weight is 391 g/mol. The third-order valence-corrected chi connectivity index (χ3v) is 7.25. The maximum Gasteiger partial charge on any atom is 0.256 e. The molecule has 154 valence electrons.